The van der Waals surface area contributed by atoms with Crippen molar-refractivity contribution >= 4 is 6.29 Å². The van der Waals surface area contributed by atoms with Crippen LogP contribution in [0.2, 0.25) is 0 Å². The van der Waals surface area contributed by atoms with Gasteiger partial charge in [0.05, 0.1) is 5.69 Å². The SMILES string of the molecule is Cn1nc(-c2cccc(F)c2)cc1C=O. The Morgan fingerprint density at radius 3 is 2.80 bits per heavy atom. The molecule has 0 saturated heterocycles. The standard InChI is InChI=1S/C11H9FN2O/c1-14-10(7-15)6-11(13-14)8-3-2-4-9(12)5-8/h2-7H,1H3. The molecule has 0 unspecified atom stereocenters. The third-order valence-corrected chi connectivity index (χ3v) is 2.16. The third kappa shape index (κ3) is 1.79. The van der Waals surface area contributed by atoms with E-state index in [2.05, 4.69) is 5.10 Å². The van der Waals surface area contributed by atoms with E-state index in [1.165, 1.54) is 16.8 Å². The number of aromatic nitrogens is 2. The van der Waals surface area contributed by atoms with Gasteiger partial charge in [-0.15, -0.1) is 0 Å². The molecule has 4 heteroatoms. The fraction of sp³-hybridized carbons (Fsp3) is 0.0909. The summed E-state index contributed by atoms with van der Waals surface area (Å²) in [6, 6.07) is 7.74. The van der Waals surface area contributed by atoms with Gasteiger partial charge in [0.2, 0.25) is 0 Å². The number of rotatable bonds is 2. The molecule has 2 aromatic rings. The van der Waals surface area contributed by atoms with E-state index in [0.717, 1.165) is 6.29 Å². The molecule has 15 heavy (non-hydrogen) atoms. The maximum atomic E-state index is 12.9. The predicted octanol–water partition coefficient (Wildman–Crippen LogP) is 2.04. The van der Waals surface area contributed by atoms with E-state index >= 15 is 0 Å². The van der Waals surface area contributed by atoms with Gasteiger partial charge in [0.15, 0.2) is 6.29 Å². The number of aryl methyl sites for hydroxylation is 1. The zero-order valence-corrected chi connectivity index (χ0v) is 8.14. The number of aldehydes is 1. The molecule has 2 rings (SSSR count). The summed E-state index contributed by atoms with van der Waals surface area (Å²) in [5.41, 5.74) is 1.73. The molecule has 1 aromatic heterocycles. The fourth-order valence-electron chi connectivity index (χ4n) is 1.38. The molecule has 0 aliphatic heterocycles. The van der Waals surface area contributed by atoms with E-state index in [4.69, 9.17) is 0 Å². The van der Waals surface area contributed by atoms with Crippen molar-refractivity contribution in [1.29, 1.82) is 0 Å². The van der Waals surface area contributed by atoms with Crippen LogP contribution in [0.15, 0.2) is 30.3 Å². The normalized spacial score (nSPS) is 10.3. The van der Waals surface area contributed by atoms with Crippen molar-refractivity contribution in [2.24, 2.45) is 7.05 Å². The Morgan fingerprint density at radius 1 is 1.40 bits per heavy atom. The molecule has 0 atom stereocenters. The maximum Gasteiger partial charge on any atom is 0.168 e. The van der Waals surface area contributed by atoms with Crippen LogP contribution in [-0.4, -0.2) is 16.1 Å². The van der Waals surface area contributed by atoms with E-state index in [-0.39, 0.29) is 5.82 Å². The van der Waals surface area contributed by atoms with Crippen molar-refractivity contribution < 1.29 is 9.18 Å². The lowest BCUT2D eigenvalue weighted by atomic mass is 10.1. The quantitative estimate of drug-likeness (QED) is 0.701. The van der Waals surface area contributed by atoms with E-state index in [0.29, 0.717) is 17.0 Å². The highest BCUT2D eigenvalue weighted by Crippen LogP contribution is 2.18. The van der Waals surface area contributed by atoms with Crippen LogP contribution in [0.5, 0.6) is 0 Å². The monoisotopic (exact) mass is 204 g/mol. The minimum absolute atomic E-state index is 0.314. The summed E-state index contributed by atoms with van der Waals surface area (Å²) >= 11 is 0. The fourth-order valence-corrected chi connectivity index (χ4v) is 1.38. The van der Waals surface area contributed by atoms with Crippen LogP contribution in [0.1, 0.15) is 10.5 Å². The maximum absolute atomic E-state index is 12.9. The molecule has 0 saturated carbocycles. The van der Waals surface area contributed by atoms with Crippen molar-refractivity contribution in [2.45, 2.75) is 0 Å². The van der Waals surface area contributed by atoms with Crippen LogP contribution < -0.4 is 0 Å². The van der Waals surface area contributed by atoms with Gasteiger partial charge < -0.3 is 0 Å². The molecular formula is C11H9FN2O. The molecule has 0 bridgehead atoms. The van der Waals surface area contributed by atoms with Gasteiger partial charge in [-0.05, 0) is 18.2 Å². The van der Waals surface area contributed by atoms with Crippen molar-refractivity contribution in [3.8, 4) is 11.3 Å². The third-order valence-electron chi connectivity index (χ3n) is 2.16. The highest BCUT2D eigenvalue weighted by Gasteiger charge is 2.06. The van der Waals surface area contributed by atoms with Gasteiger partial charge in [-0.3, -0.25) is 9.48 Å². The first-order chi connectivity index (χ1) is 7.20. The highest BCUT2D eigenvalue weighted by atomic mass is 19.1. The Bertz CT molecular complexity index is 505. The number of benzene rings is 1. The Kier molecular flexibility index (Phi) is 2.33. The summed E-state index contributed by atoms with van der Waals surface area (Å²) in [6.07, 6.45) is 0.718. The second-order valence-electron chi connectivity index (χ2n) is 3.21. The smallest absolute Gasteiger partial charge is 0.168 e. The first kappa shape index (κ1) is 9.58. The minimum Gasteiger partial charge on any atom is -0.296 e. The zero-order chi connectivity index (χ0) is 10.8. The number of hydrogen-bond acceptors (Lipinski definition) is 2. The van der Waals surface area contributed by atoms with Crippen LogP contribution in [0, 0.1) is 5.82 Å². The van der Waals surface area contributed by atoms with Gasteiger partial charge in [0.25, 0.3) is 0 Å². The van der Waals surface area contributed by atoms with Gasteiger partial charge in [0.1, 0.15) is 11.5 Å². The van der Waals surface area contributed by atoms with Gasteiger partial charge in [-0.2, -0.15) is 5.10 Å². The lowest BCUT2D eigenvalue weighted by Gasteiger charge is -1.95. The van der Waals surface area contributed by atoms with Gasteiger partial charge in [-0.25, -0.2) is 4.39 Å². The molecule has 0 radical (unpaired) electrons. The number of halogens is 1. The van der Waals surface area contributed by atoms with Gasteiger partial charge >= 0.3 is 0 Å². The van der Waals surface area contributed by atoms with Crippen LogP contribution >= 0.6 is 0 Å². The molecular weight excluding hydrogens is 195 g/mol. The lowest BCUT2D eigenvalue weighted by Crippen LogP contribution is -1.95. The molecule has 0 spiro atoms. The lowest BCUT2D eigenvalue weighted by molar-refractivity contribution is 0.111. The second-order valence-corrected chi connectivity index (χ2v) is 3.21. The second kappa shape index (κ2) is 3.65. The number of nitrogens with zero attached hydrogens (tertiary/aromatic N) is 2. The summed E-state index contributed by atoms with van der Waals surface area (Å²) in [7, 11) is 1.67. The highest BCUT2D eigenvalue weighted by molar-refractivity contribution is 5.75. The Hall–Kier alpha value is -1.97. The Labute approximate surface area is 86.2 Å². The number of carbonyl (C=O) groups excluding carboxylic acids is 1. The average molecular weight is 204 g/mol. The Balaban J connectivity index is 2.49. The zero-order valence-electron chi connectivity index (χ0n) is 8.14. The molecule has 0 N–H and O–H groups in total. The molecule has 0 aliphatic carbocycles. The summed E-state index contributed by atoms with van der Waals surface area (Å²) < 4.78 is 14.4. The largest absolute Gasteiger partial charge is 0.296 e. The van der Waals surface area contributed by atoms with Crippen LogP contribution in [0.4, 0.5) is 4.39 Å². The van der Waals surface area contributed by atoms with Crippen molar-refractivity contribution in [2.75, 3.05) is 0 Å². The van der Waals surface area contributed by atoms with E-state index in [1.54, 1.807) is 25.2 Å². The van der Waals surface area contributed by atoms with E-state index in [1.807, 2.05) is 0 Å². The first-order valence-corrected chi connectivity index (χ1v) is 4.46. The molecule has 1 heterocycles. The van der Waals surface area contributed by atoms with Gasteiger partial charge in [-0.1, -0.05) is 12.1 Å². The topological polar surface area (TPSA) is 34.9 Å². The summed E-state index contributed by atoms with van der Waals surface area (Å²) in [5.74, 6) is -0.314. The van der Waals surface area contributed by atoms with E-state index in [9.17, 15) is 9.18 Å². The Morgan fingerprint density at radius 2 is 2.20 bits per heavy atom. The number of hydrogen-bond donors (Lipinski definition) is 0. The van der Waals surface area contributed by atoms with Crippen molar-refractivity contribution in [3.63, 3.8) is 0 Å². The van der Waals surface area contributed by atoms with E-state index < -0.39 is 0 Å². The van der Waals surface area contributed by atoms with Crippen molar-refractivity contribution in [1.82, 2.24) is 9.78 Å². The van der Waals surface area contributed by atoms with Gasteiger partial charge in [0, 0.05) is 12.6 Å². The summed E-state index contributed by atoms with van der Waals surface area (Å²) in [5, 5.41) is 4.11. The predicted molar refractivity (Wildman–Crippen MR) is 54.0 cm³/mol. The molecule has 0 fully saturated rings. The van der Waals surface area contributed by atoms with Crippen LogP contribution in [-0.2, 0) is 7.05 Å². The molecule has 3 nitrogen and oxygen atoms in total. The van der Waals surface area contributed by atoms with Crippen LogP contribution in [0.25, 0.3) is 11.3 Å². The first-order valence-electron chi connectivity index (χ1n) is 4.46. The molecule has 0 aliphatic rings. The number of carbonyl (C=O) groups is 1. The molecule has 1 aromatic carbocycles. The van der Waals surface area contributed by atoms with Crippen molar-refractivity contribution in [3.05, 3.63) is 41.8 Å². The average Bonchev–Trinajstić information content (AvgIpc) is 2.60. The summed E-state index contributed by atoms with van der Waals surface area (Å²) in [4.78, 5) is 10.6. The van der Waals surface area contributed by atoms with Crippen LogP contribution in [0.3, 0.4) is 0 Å². The summed E-state index contributed by atoms with van der Waals surface area (Å²) in [6.45, 7) is 0. The molecule has 76 valence electrons. The minimum atomic E-state index is -0.314. The molecule has 0 amide bonds.